The number of amides is 1. The zero-order valence-electron chi connectivity index (χ0n) is 13.4. The standard InChI is InChI=1S/C17H26FN3O/c1-12(2)16-11-20-7-8-21(16)17(22)10-14(19)9-13-5-3-4-6-15(13)18/h3-6,12,14,16,20H,7-11,19H2,1-2H3/t14-,16+/m1/s1. The third-order valence-electron chi connectivity index (χ3n) is 4.25. The van der Waals surface area contributed by atoms with Gasteiger partial charge in [0.2, 0.25) is 5.91 Å². The average molecular weight is 307 g/mol. The molecule has 1 heterocycles. The smallest absolute Gasteiger partial charge is 0.224 e. The lowest BCUT2D eigenvalue weighted by Crippen LogP contribution is -2.56. The fourth-order valence-corrected chi connectivity index (χ4v) is 2.99. The predicted octanol–water partition coefficient (Wildman–Crippen LogP) is 1.54. The van der Waals surface area contributed by atoms with Gasteiger partial charge in [-0.15, -0.1) is 0 Å². The van der Waals surface area contributed by atoms with Gasteiger partial charge in [0.05, 0.1) is 0 Å². The molecule has 1 aliphatic rings. The summed E-state index contributed by atoms with van der Waals surface area (Å²) in [6, 6.07) is 6.45. The van der Waals surface area contributed by atoms with E-state index in [-0.39, 0.29) is 30.2 Å². The van der Waals surface area contributed by atoms with E-state index in [0.717, 1.165) is 13.1 Å². The fourth-order valence-electron chi connectivity index (χ4n) is 2.99. The van der Waals surface area contributed by atoms with E-state index in [2.05, 4.69) is 19.2 Å². The maximum atomic E-state index is 13.7. The lowest BCUT2D eigenvalue weighted by atomic mass is 9.98. The number of nitrogens with two attached hydrogens (primary N) is 1. The van der Waals surface area contributed by atoms with Crippen molar-refractivity contribution in [1.82, 2.24) is 10.2 Å². The molecule has 0 unspecified atom stereocenters. The van der Waals surface area contributed by atoms with Gasteiger partial charge in [-0.1, -0.05) is 32.0 Å². The summed E-state index contributed by atoms with van der Waals surface area (Å²) in [4.78, 5) is 14.5. The Hall–Kier alpha value is -1.46. The first-order valence-electron chi connectivity index (χ1n) is 7.98. The Labute approximate surface area is 131 Å². The Morgan fingerprint density at radius 3 is 2.86 bits per heavy atom. The van der Waals surface area contributed by atoms with Crippen molar-refractivity contribution < 1.29 is 9.18 Å². The summed E-state index contributed by atoms with van der Waals surface area (Å²) < 4.78 is 13.7. The lowest BCUT2D eigenvalue weighted by Gasteiger charge is -2.39. The van der Waals surface area contributed by atoms with Crippen molar-refractivity contribution in [3.05, 3.63) is 35.6 Å². The van der Waals surface area contributed by atoms with E-state index in [9.17, 15) is 9.18 Å². The van der Waals surface area contributed by atoms with Crippen LogP contribution in [0.3, 0.4) is 0 Å². The van der Waals surface area contributed by atoms with Gasteiger partial charge in [0.25, 0.3) is 0 Å². The largest absolute Gasteiger partial charge is 0.337 e. The van der Waals surface area contributed by atoms with Crippen molar-refractivity contribution in [3.8, 4) is 0 Å². The van der Waals surface area contributed by atoms with Crippen molar-refractivity contribution in [2.75, 3.05) is 19.6 Å². The first kappa shape index (κ1) is 16.9. The monoisotopic (exact) mass is 307 g/mol. The van der Waals surface area contributed by atoms with Crippen LogP contribution in [0, 0.1) is 11.7 Å². The molecule has 0 radical (unpaired) electrons. The van der Waals surface area contributed by atoms with Crippen LogP contribution in [0.4, 0.5) is 4.39 Å². The Bertz CT molecular complexity index is 506. The topological polar surface area (TPSA) is 58.4 Å². The third-order valence-corrected chi connectivity index (χ3v) is 4.25. The van der Waals surface area contributed by atoms with Crippen molar-refractivity contribution >= 4 is 5.91 Å². The number of halogens is 1. The molecule has 0 aliphatic carbocycles. The molecule has 3 N–H and O–H groups in total. The second kappa shape index (κ2) is 7.70. The van der Waals surface area contributed by atoms with Gasteiger partial charge in [0, 0.05) is 38.1 Å². The Morgan fingerprint density at radius 2 is 2.18 bits per heavy atom. The van der Waals surface area contributed by atoms with Crippen LogP contribution in [-0.2, 0) is 11.2 Å². The zero-order chi connectivity index (χ0) is 16.1. The lowest BCUT2D eigenvalue weighted by molar-refractivity contribution is -0.135. The summed E-state index contributed by atoms with van der Waals surface area (Å²) in [6.07, 6.45) is 0.647. The Morgan fingerprint density at radius 1 is 1.45 bits per heavy atom. The molecule has 2 atom stereocenters. The maximum absolute atomic E-state index is 13.7. The van der Waals surface area contributed by atoms with Gasteiger partial charge in [-0.05, 0) is 24.0 Å². The Balaban J connectivity index is 1.94. The van der Waals surface area contributed by atoms with Gasteiger partial charge in [-0.2, -0.15) is 0 Å². The van der Waals surface area contributed by atoms with Gasteiger partial charge < -0.3 is 16.0 Å². The normalized spacial score (nSPS) is 20.2. The highest BCUT2D eigenvalue weighted by molar-refractivity contribution is 5.77. The first-order chi connectivity index (χ1) is 10.5. The molecule has 1 saturated heterocycles. The average Bonchev–Trinajstić information content (AvgIpc) is 2.49. The number of nitrogens with zero attached hydrogens (tertiary/aromatic N) is 1. The Kier molecular flexibility index (Phi) is 5.91. The molecule has 5 heteroatoms. The van der Waals surface area contributed by atoms with Crippen LogP contribution < -0.4 is 11.1 Å². The van der Waals surface area contributed by atoms with Gasteiger partial charge in [-0.25, -0.2) is 4.39 Å². The molecule has 2 rings (SSSR count). The van der Waals surface area contributed by atoms with Crippen LogP contribution in [0.25, 0.3) is 0 Å². The molecule has 22 heavy (non-hydrogen) atoms. The van der Waals surface area contributed by atoms with Crippen LogP contribution in [0.15, 0.2) is 24.3 Å². The summed E-state index contributed by atoms with van der Waals surface area (Å²) >= 11 is 0. The second-order valence-electron chi connectivity index (χ2n) is 6.36. The molecule has 1 fully saturated rings. The van der Waals surface area contributed by atoms with Gasteiger partial charge in [-0.3, -0.25) is 4.79 Å². The van der Waals surface area contributed by atoms with E-state index in [4.69, 9.17) is 5.73 Å². The van der Waals surface area contributed by atoms with E-state index in [1.165, 1.54) is 6.07 Å². The van der Waals surface area contributed by atoms with Crippen LogP contribution in [0.2, 0.25) is 0 Å². The molecular formula is C17H26FN3O. The number of rotatable bonds is 5. The number of hydrogen-bond donors (Lipinski definition) is 2. The molecule has 1 aliphatic heterocycles. The fraction of sp³-hybridized carbons (Fsp3) is 0.588. The number of carbonyl (C=O) groups excluding carboxylic acids is 1. The predicted molar refractivity (Wildman–Crippen MR) is 85.9 cm³/mol. The second-order valence-corrected chi connectivity index (χ2v) is 6.36. The summed E-state index contributed by atoms with van der Waals surface area (Å²) in [5.74, 6) is 0.219. The molecule has 1 aromatic carbocycles. The van der Waals surface area contributed by atoms with Crippen LogP contribution in [-0.4, -0.2) is 42.5 Å². The van der Waals surface area contributed by atoms with Crippen molar-refractivity contribution in [2.24, 2.45) is 11.7 Å². The summed E-state index contributed by atoms with van der Waals surface area (Å²) in [5.41, 5.74) is 6.65. The van der Waals surface area contributed by atoms with Crippen molar-refractivity contribution in [2.45, 2.75) is 38.8 Å². The molecule has 0 bridgehead atoms. The van der Waals surface area contributed by atoms with Gasteiger partial charge in [0.15, 0.2) is 0 Å². The first-order valence-corrected chi connectivity index (χ1v) is 7.98. The van der Waals surface area contributed by atoms with Crippen molar-refractivity contribution in [1.29, 1.82) is 0 Å². The van der Waals surface area contributed by atoms with E-state index in [0.29, 0.717) is 24.4 Å². The third kappa shape index (κ3) is 4.27. The number of carbonyl (C=O) groups is 1. The molecular weight excluding hydrogens is 281 g/mol. The molecule has 4 nitrogen and oxygen atoms in total. The number of piperazine rings is 1. The minimum atomic E-state index is -0.355. The molecule has 0 aromatic heterocycles. The quantitative estimate of drug-likeness (QED) is 0.867. The van der Waals surface area contributed by atoms with E-state index in [1.807, 2.05) is 4.90 Å². The zero-order valence-corrected chi connectivity index (χ0v) is 13.4. The molecule has 1 amide bonds. The SMILES string of the molecule is CC(C)[C@@H]1CNCCN1C(=O)C[C@H](N)Cc1ccccc1F. The number of hydrogen-bond acceptors (Lipinski definition) is 3. The van der Waals surface area contributed by atoms with Crippen LogP contribution in [0.1, 0.15) is 25.8 Å². The minimum Gasteiger partial charge on any atom is -0.337 e. The van der Waals surface area contributed by atoms with E-state index >= 15 is 0 Å². The maximum Gasteiger partial charge on any atom is 0.224 e. The van der Waals surface area contributed by atoms with Gasteiger partial charge >= 0.3 is 0 Å². The van der Waals surface area contributed by atoms with Crippen LogP contribution in [0.5, 0.6) is 0 Å². The van der Waals surface area contributed by atoms with E-state index in [1.54, 1.807) is 18.2 Å². The minimum absolute atomic E-state index is 0.0732. The van der Waals surface area contributed by atoms with E-state index < -0.39 is 0 Å². The summed E-state index contributed by atoms with van der Waals surface area (Å²) in [7, 11) is 0. The molecule has 1 aromatic rings. The highest BCUT2D eigenvalue weighted by Crippen LogP contribution is 2.16. The number of benzene rings is 1. The number of nitrogens with one attached hydrogen (secondary N) is 1. The summed E-state index contributed by atoms with van der Waals surface area (Å²) in [6.45, 7) is 6.60. The molecule has 0 saturated carbocycles. The molecule has 0 spiro atoms. The van der Waals surface area contributed by atoms with Crippen LogP contribution >= 0.6 is 0 Å². The highest BCUT2D eigenvalue weighted by Gasteiger charge is 2.29. The van der Waals surface area contributed by atoms with Gasteiger partial charge in [0.1, 0.15) is 5.82 Å². The highest BCUT2D eigenvalue weighted by atomic mass is 19.1. The molecule has 122 valence electrons. The van der Waals surface area contributed by atoms with Crippen molar-refractivity contribution in [3.63, 3.8) is 0 Å². The summed E-state index contributed by atoms with van der Waals surface area (Å²) in [5, 5.41) is 3.33.